The number of rotatable bonds is 6. The van der Waals surface area contributed by atoms with Gasteiger partial charge in [-0.25, -0.2) is 4.99 Å². The second-order valence-corrected chi connectivity index (χ2v) is 7.34. The molecular formula is C18H27F3N4S. The summed E-state index contributed by atoms with van der Waals surface area (Å²) in [5.41, 5.74) is 2.35. The molecule has 0 aromatic heterocycles. The monoisotopic (exact) mass is 388 g/mol. The van der Waals surface area contributed by atoms with Crippen molar-refractivity contribution in [1.82, 2.24) is 15.5 Å². The van der Waals surface area contributed by atoms with Crippen LogP contribution in [0.5, 0.6) is 0 Å². The number of thioether (sulfide) groups is 1. The lowest BCUT2D eigenvalue weighted by molar-refractivity contribution is -0.143. The first-order valence-corrected chi connectivity index (χ1v) is 10.0. The normalized spacial score (nSPS) is 19.0. The number of halogens is 3. The lowest BCUT2D eigenvalue weighted by Gasteiger charge is -2.20. The molecule has 1 aromatic rings. The van der Waals surface area contributed by atoms with Crippen LogP contribution < -0.4 is 10.6 Å². The first-order valence-electron chi connectivity index (χ1n) is 8.78. The molecule has 2 rings (SSSR count). The molecule has 0 bridgehead atoms. The topological polar surface area (TPSA) is 39.7 Å². The van der Waals surface area contributed by atoms with Crippen molar-refractivity contribution in [3.8, 4) is 0 Å². The van der Waals surface area contributed by atoms with Gasteiger partial charge in [-0.1, -0.05) is 12.1 Å². The van der Waals surface area contributed by atoms with Crippen LogP contribution in [0, 0.1) is 6.92 Å². The second-order valence-electron chi connectivity index (χ2n) is 6.49. The Bertz CT molecular complexity index is 619. The highest BCUT2D eigenvalue weighted by atomic mass is 32.2. The number of hydrogen-bond donors (Lipinski definition) is 2. The Balaban J connectivity index is 1.97. The summed E-state index contributed by atoms with van der Waals surface area (Å²) < 4.78 is 37.6. The summed E-state index contributed by atoms with van der Waals surface area (Å²) in [5.74, 6) is 0.652. The van der Waals surface area contributed by atoms with Crippen molar-refractivity contribution < 1.29 is 13.2 Å². The van der Waals surface area contributed by atoms with Gasteiger partial charge in [0.15, 0.2) is 5.96 Å². The van der Waals surface area contributed by atoms with Crippen molar-refractivity contribution >= 4 is 17.7 Å². The molecule has 1 saturated heterocycles. The van der Waals surface area contributed by atoms with Gasteiger partial charge in [0.2, 0.25) is 0 Å². The Hall–Kier alpha value is -1.41. The summed E-state index contributed by atoms with van der Waals surface area (Å²) in [6, 6.07) is 6.27. The Labute approximate surface area is 157 Å². The largest absolute Gasteiger partial charge is 0.401 e. The number of benzene rings is 1. The van der Waals surface area contributed by atoms with Gasteiger partial charge in [-0.3, -0.25) is 4.90 Å². The van der Waals surface area contributed by atoms with E-state index in [4.69, 9.17) is 0 Å². The second kappa shape index (κ2) is 9.50. The molecule has 8 heteroatoms. The van der Waals surface area contributed by atoms with Crippen LogP contribution in [0.1, 0.15) is 24.5 Å². The van der Waals surface area contributed by atoms with Crippen molar-refractivity contribution in [2.45, 2.75) is 43.9 Å². The fourth-order valence-corrected chi connectivity index (χ4v) is 3.71. The molecule has 1 fully saturated rings. The number of nitrogens with one attached hydrogen (secondary N) is 2. The van der Waals surface area contributed by atoms with Gasteiger partial charge >= 0.3 is 6.18 Å². The van der Waals surface area contributed by atoms with E-state index in [1.54, 1.807) is 11.8 Å². The highest BCUT2D eigenvalue weighted by molar-refractivity contribution is 7.98. The first kappa shape index (κ1) is 20.9. The van der Waals surface area contributed by atoms with Gasteiger partial charge < -0.3 is 10.6 Å². The third kappa shape index (κ3) is 6.72. The summed E-state index contributed by atoms with van der Waals surface area (Å²) in [5, 5.41) is 6.46. The zero-order valence-electron chi connectivity index (χ0n) is 15.5. The van der Waals surface area contributed by atoms with Crippen LogP contribution in [0.15, 0.2) is 28.1 Å². The molecule has 0 spiro atoms. The highest BCUT2D eigenvalue weighted by Crippen LogP contribution is 2.23. The zero-order chi connectivity index (χ0) is 19.2. The molecule has 0 amide bonds. The van der Waals surface area contributed by atoms with Crippen LogP contribution in [0.2, 0.25) is 0 Å². The minimum atomic E-state index is -4.15. The van der Waals surface area contributed by atoms with Gasteiger partial charge in [0.05, 0.1) is 13.1 Å². The Kier molecular flexibility index (Phi) is 7.64. The van der Waals surface area contributed by atoms with E-state index in [1.165, 1.54) is 15.4 Å². The summed E-state index contributed by atoms with van der Waals surface area (Å²) in [7, 11) is 0. The smallest absolute Gasteiger partial charge is 0.357 e. The Morgan fingerprint density at radius 3 is 2.81 bits per heavy atom. The van der Waals surface area contributed by atoms with Crippen LogP contribution in [-0.4, -0.2) is 55.5 Å². The number of likely N-dealkylation sites (tertiary alicyclic amines) is 1. The summed E-state index contributed by atoms with van der Waals surface area (Å²) in [4.78, 5) is 7.26. The minimum Gasteiger partial charge on any atom is -0.357 e. The molecule has 26 heavy (non-hydrogen) atoms. The maximum atomic E-state index is 12.5. The predicted molar refractivity (Wildman–Crippen MR) is 102 cm³/mol. The predicted octanol–water partition coefficient (Wildman–Crippen LogP) is 3.41. The molecule has 1 unspecified atom stereocenters. The summed E-state index contributed by atoms with van der Waals surface area (Å²) >= 11 is 1.69. The molecule has 146 valence electrons. The molecule has 2 N–H and O–H groups in total. The van der Waals surface area contributed by atoms with Gasteiger partial charge in [-0.05, 0) is 43.7 Å². The van der Waals surface area contributed by atoms with Crippen molar-refractivity contribution in [3.05, 3.63) is 29.3 Å². The zero-order valence-corrected chi connectivity index (χ0v) is 16.3. The maximum absolute atomic E-state index is 12.5. The van der Waals surface area contributed by atoms with Gasteiger partial charge in [0.25, 0.3) is 0 Å². The van der Waals surface area contributed by atoms with E-state index in [0.29, 0.717) is 38.6 Å². The van der Waals surface area contributed by atoms with E-state index < -0.39 is 12.7 Å². The Morgan fingerprint density at radius 2 is 2.15 bits per heavy atom. The number of nitrogens with zero attached hydrogens (tertiary/aromatic N) is 2. The van der Waals surface area contributed by atoms with Crippen LogP contribution in [-0.2, 0) is 6.54 Å². The van der Waals surface area contributed by atoms with E-state index in [1.807, 2.05) is 13.2 Å². The third-order valence-corrected chi connectivity index (χ3v) is 5.03. The molecule has 1 heterocycles. The van der Waals surface area contributed by atoms with Gasteiger partial charge in [0, 0.05) is 30.6 Å². The molecular weight excluding hydrogens is 361 g/mol. The van der Waals surface area contributed by atoms with Crippen LogP contribution in [0.25, 0.3) is 0 Å². The molecule has 0 aliphatic carbocycles. The van der Waals surface area contributed by atoms with E-state index in [-0.39, 0.29) is 6.04 Å². The van der Waals surface area contributed by atoms with E-state index in [2.05, 4.69) is 40.7 Å². The fourth-order valence-electron chi connectivity index (χ4n) is 3.01. The fraction of sp³-hybridized carbons (Fsp3) is 0.611. The third-order valence-electron chi connectivity index (χ3n) is 4.21. The molecule has 1 aliphatic rings. The maximum Gasteiger partial charge on any atom is 0.401 e. The SMILES string of the molecule is CCNC(=NCc1ccc(C)cc1SC)NC1CCN(CC(F)(F)F)C1. The molecule has 1 aromatic carbocycles. The van der Waals surface area contributed by atoms with E-state index >= 15 is 0 Å². The first-order chi connectivity index (χ1) is 12.3. The molecule has 1 atom stereocenters. The summed E-state index contributed by atoms with van der Waals surface area (Å²) in [6.07, 6.45) is -1.42. The van der Waals surface area contributed by atoms with E-state index in [0.717, 1.165) is 5.56 Å². The quantitative estimate of drug-likeness (QED) is 0.445. The lowest BCUT2D eigenvalue weighted by Crippen LogP contribution is -2.45. The van der Waals surface area contributed by atoms with Gasteiger partial charge in [-0.15, -0.1) is 11.8 Å². The van der Waals surface area contributed by atoms with Crippen LogP contribution >= 0.6 is 11.8 Å². The van der Waals surface area contributed by atoms with Crippen LogP contribution in [0.4, 0.5) is 13.2 Å². The number of hydrogen-bond acceptors (Lipinski definition) is 3. The number of aryl methyl sites for hydroxylation is 1. The Morgan fingerprint density at radius 1 is 1.38 bits per heavy atom. The van der Waals surface area contributed by atoms with Crippen molar-refractivity contribution in [1.29, 1.82) is 0 Å². The van der Waals surface area contributed by atoms with Crippen molar-refractivity contribution in [3.63, 3.8) is 0 Å². The average molecular weight is 389 g/mol. The van der Waals surface area contributed by atoms with Crippen LogP contribution in [0.3, 0.4) is 0 Å². The molecule has 4 nitrogen and oxygen atoms in total. The average Bonchev–Trinajstić information content (AvgIpc) is 2.98. The number of aliphatic imine (C=N–C) groups is 1. The lowest BCUT2D eigenvalue weighted by atomic mass is 10.1. The van der Waals surface area contributed by atoms with E-state index in [9.17, 15) is 13.2 Å². The van der Waals surface area contributed by atoms with Crippen molar-refractivity contribution in [2.24, 2.45) is 4.99 Å². The summed E-state index contributed by atoms with van der Waals surface area (Å²) in [6.45, 7) is 5.25. The number of guanidine groups is 1. The highest BCUT2D eigenvalue weighted by Gasteiger charge is 2.34. The molecule has 1 aliphatic heterocycles. The van der Waals surface area contributed by atoms with Gasteiger partial charge in [-0.2, -0.15) is 13.2 Å². The molecule has 0 radical (unpaired) electrons. The van der Waals surface area contributed by atoms with Gasteiger partial charge in [0.1, 0.15) is 0 Å². The minimum absolute atomic E-state index is 0.0202. The van der Waals surface area contributed by atoms with Crippen molar-refractivity contribution in [2.75, 3.05) is 32.4 Å². The molecule has 0 saturated carbocycles. The standard InChI is InChI=1S/C18H27F3N4S/c1-4-22-17(23-10-14-6-5-13(2)9-16(14)26-3)24-15-7-8-25(11-15)12-18(19,20)21/h5-6,9,15H,4,7-8,10-12H2,1-3H3,(H2,22,23,24). The number of alkyl halides is 3.